The molecule has 2 N–H and O–H groups in total. The van der Waals surface area contributed by atoms with E-state index < -0.39 is 0 Å². The van der Waals surface area contributed by atoms with Crippen molar-refractivity contribution in [1.29, 1.82) is 0 Å². The summed E-state index contributed by atoms with van der Waals surface area (Å²) in [6.45, 7) is 0.497. The van der Waals surface area contributed by atoms with Gasteiger partial charge in [-0.05, 0) is 40.8 Å². The third-order valence-electron chi connectivity index (χ3n) is 4.64. The van der Waals surface area contributed by atoms with E-state index in [2.05, 4.69) is 22.4 Å². The molecule has 0 fully saturated rings. The molecule has 0 saturated heterocycles. The van der Waals surface area contributed by atoms with E-state index in [4.69, 9.17) is 0 Å². The number of hydrogen-bond donors (Lipinski definition) is 2. The molecule has 136 valence electrons. The molecule has 0 saturated carbocycles. The highest BCUT2D eigenvalue weighted by molar-refractivity contribution is 7.10. The molecule has 0 aliphatic heterocycles. The summed E-state index contributed by atoms with van der Waals surface area (Å²) in [7, 11) is 0. The lowest BCUT2D eigenvalue weighted by molar-refractivity contribution is -0.120. The highest BCUT2D eigenvalue weighted by Gasteiger charge is 2.20. The number of benzene rings is 2. The minimum atomic E-state index is -0.324. The Labute approximate surface area is 160 Å². The fourth-order valence-corrected chi connectivity index (χ4v) is 4.19. The van der Waals surface area contributed by atoms with Crippen LogP contribution in [0.5, 0.6) is 0 Å². The van der Waals surface area contributed by atoms with Crippen molar-refractivity contribution in [2.75, 3.05) is 6.54 Å². The lowest BCUT2D eigenvalue weighted by Gasteiger charge is -2.16. The van der Waals surface area contributed by atoms with Crippen LogP contribution in [0, 0.1) is 5.82 Å². The average Bonchev–Trinajstić information content (AvgIpc) is 3.33. The Bertz CT molecular complexity index is 1060. The van der Waals surface area contributed by atoms with Gasteiger partial charge in [0.15, 0.2) is 0 Å². The van der Waals surface area contributed by atoms with E-state index in [0.717, 1.165) is 10.9 Å². The summed E-state index contributed by atoms with van der Waals surface area (Å²) < 4.78 is 13.3. The van der Waals surface area contributed by atoms with Crippen molar-refractivity contribution >= 4 is 28.1 Å². The first-order chi connectivity index (χ1) is 13.2. The predicted octanol–water partition coefficient (Wildman–Crippen LogP) is 4.86. The number of para-hydroxylation sites is 1. The van der Waals surface area contributed by atoms with Crippen molar-refractivity contribution in [2.24, 2.45) is 0 Å². The summed E-state index contributed by atoms with van der Waals surface area (Å²) in [6, 6.07) is 18.4. The van der Waals surface area contributed by atoms with Crippen LogP contribution < -0.4 is 5.32 Å². The van der Waals surface area contributed by atoms with Crippen LogP contribution in [0.1, 0.15) is 21.9 Å². The number of carbonyl (C=O) groups excluding carboxylic acids is 1. The van der Waals surface area contributed by atoms with Gasteiger partial charge >= 0.3 is 0 Å². The van der Waals surface area contributed by atoms with Gasteiger partial charge in [0, 0.05) is 34.4 Å². The third-order valence-corrected chi connectivity index (χ3v) is 5.63. The van der Waals surface area contributed by atoms with Gasteiger partial charge in [0.1, 0.15) is 5.82 Å². The van der Waals surface area contributed by atoms with Gasteiger partial charge in [-0.3, -0.25) is 4.79 Å². The molecule has 1 atom stereocenters. The van der Waals surface area contributed by atoms with Gasteiger partial charge in [0.25, 0.3) is 0 Å². The normalized spacial score (nSPS) is 12.2. The fourth-order valence-electron chi connectivity index (χ4n) is 3.35. The van der Waals surface area contributed by atoms with Gasteiger partial charge in [-0.15, -0.1) is 11.3 Å². The van der Waals surface area contributed by atoms with Gasteiger partial charge in [0.2, 0.25) is 5.91 Å². The summed E-state index contributed by atoms with van der Waals surface area (Å²) in [5.74, 6) is -0.366. The molecule has 0 unspecified atom stereocenters. The lowest BCUT2D eigenvalue weighted by atomic mass is 9.96. The number of aromatic amines is 1. The van der Waals surface area contributed by atoms with Crippen LogP contribution in [-0.2, 0) is 11.2 Å². The molecule has 5 heteroatoms. The highest BCUT2D eigenvalue weighted by atomic mass is 32.1. The molecule has 4 aromatic rings. The zero-order valence-electron chi connectivity index (χ0n) is 14.6. The maximum Gasteiger partial charge on any atom is 0.224 e. The molecular formula is C22H19FN2OS. The molecule has 1 amide bonds. The van der Waals surface area contributed by atoms with Crippen LogP contribution in [0.4, 0.5) is 4.39 Å². The Morgan fingerprint density at radius 3 is 2.81 bits per heavy atom. The van der Waals surface area contributed by atoms with E-state index in [1.807, 2.05) is 35.8 Å². The number of fused-ring (bicyclic) bond motifs is 1. The van der Waals surface area contributed by atoms with Crippen LogP contribution in [0.2, 0.25) is 0 Å². The number of nitrogens with one attached hydrogen (secondary N) is 2. The van der Waals surface area contributed by atoms with Gasteiger partial charge in [0.05, 0.1) is 6.42 Å². The summed E-state index contributed by atoms with van der Waals surface area (Å²) in [4.78, 5) is 16.9. The second-order valence-electron chi connectivity index (χ2n) is 6.47. The van der Waals surface area contributed by atoms with Crippen molar-refractivity contribution < 1.29 is 9.18 Å². The maximum atomic E-state index is 13.3. The summed E-state index contributed by atoms with van der Waals surface area (Å²) in [5.41, 5.74) is 2.92. The average molecular weight is 378 g/mol. The Balaban J connectivity index is 1.53. The van der Waals surface area contributed by atoms with Crippen molar-refractivity contribution in [1.82, 2.24) is 10.3 Å². The molecule has 2 aromatic heterocycles. The SMILES string of the molecule is O=C(Cc1cccc(F)c1)NC[C@H](c1cccs1)c1c[nH]c2ccccc12. The van der Waals surface area contributed by atoms with Crippen LogP contribution in [0.3, 0.4) is 0 Å². The topological polar surface area (TPSA) is 44.9 Å². The van der Waals surface area contributed by atoms with E-state index in [1.54, 1.807) is 23.5 Å². The molecule has 0 aliphatic rings. The minimum Gasteiger partial charge on any atom is -0.361 e. The zero-order valence-corrected chi connectivity index (χ0v) is 15.4. The molecule has 27 heavy (non-hydrogen) atoms. The smallest absolute Gasteiger partial charge is 0.224 e. The van der Waals surface area contributed by atoms with E-state index in [0.29, 0.717) is 12.1 Å². The molecule has 2 aromatic carbocycles. The number of thiophene rings is 1. The van der Waals surface area contributed by atoms with Gasteiger partial charge < -0.3 is 10.3 Å². The van der Waals surface area contributed by atoms with E-state index >= 15 is 0 Å². The second kappa shape index (κ2) is 7.76. The molecule has 4 rings (SSSR count). The lowest BCUT2D eigenvalue weighted by Crippen LogP contribution is -2.29. The van der Waals surface area contributed by atoms with E-state index in [9.17, 15) is 9.18 Å². The van der Waals surface area contributed by atoms with E-state index in [1.165, 1.54) is 22.6 Å². The minimum absolute atomic E-state index is 0.0672. The van der Waals surface area contributed by atoms with Gasteiger partial charge in [-0.2, -0.15) is 0 Å². The molecule has 3 nitrogen and oxygen atoms in total. The number of rotatable bonds is 6. The monoisotopic (exact) mass is 378 g/mol. The number of aromatic nitrogens is 1. The number of halogens is 1. The first-order valence-corrected chi connectivity index (χ1v) is 9.69. The molecule has 0 radical (unpaired) electrons. The van der Waals surface area contributed by atoms with Crippen molar-refractivity contribution in [3.05, 3.63) is 94.1 Å². The van der Waals surface area contributed by atoms with Crippen molar-refractivity contribution in [3.63, 3.8) is 0 Å². The first kappa shape index (κ1) is 17.5. The Morgan fingerprint density at radius 1 is 1.11 bits per heavy atom. The molecule has 2 heterocycles. The Kier molecular flexibility index (Phi) is 5.03. The predicted molar refractivity (Wildman–Crippen MR) is 108 cm³/mol. The Morgan fingerprint density at radius 2 is 2.00 bits per heavy atom. The largest absolute Gasteiger partial charge is 0.361 e. The van der Waals surface area contributed by atoms with Crippen molar-refractivity contribution in [3.8, 4) is 0 Å². The van der Waals surface area contributed by atoms with Gasteiger partial charge in [-0.1, -0.05) is 36.4 Å². The number of amides is 1. The summed E-state index contributed by atoms with van der Waals surface area (Å²) in [6.07, 6.45) is 2.19. The van der Waals surface area contributed by atoms with Crippen LogP contribution in [-0.4, -0.2) is 17.4 Å². The standard InChI is InChI=1S/C22H19FN2OS/c23-16-6-3-5-15(11-16)12-22(26)25-14-19(21-9-4-10-27-21)18-13-24-20-8-2-1-7-17(18)20/h1-11,13,19,24H,12,14H2,(H,25,26)/t19-/m0/s1. The van der Waals surface area contributed by atoms with Gasteiger partial charge in [-0.25, -0.2) is 4.39 Å². The van der Waals surface area contributed by atoms with Crippen LogP contribution in [0.25, 0.3) is 10.9 Å². The number of hydrogen-bond acceptors (Lipinski definition) is 2. The zero-order chi connectivity index (χ0) is 18.6. The molecule has 0 bridgehead atoms. The van der Waals surface area contributed by atoms with Crippen LogP contribution >= 0.6 is 11.3 Å². The summed E-state index contributed by atoms with van der Waals surface area (Å²) >= 11 is 1.68. The molecular weight excluding hydrogens is 359 g/mol. The molecule has 0 aliphatic carbocycles. The summed E-state index contributed by atoms with van der Waals surface area (Å²) in [5, 5.41) is 6.23. The van der Waals surface area contributed by atoms with Crippen molar-refractivity contribution in [2.45, 2.75) is 12.3 Å². The first-order valence-electron chi connectivity index (χ1n) is 8.81. The maximum absolute atomic E-state index is 13.3. The Hall–Kier alpha value is -2.92. The van der Waals surface area contributed by atoms with E-state index in [-0.39, 0.29) is 24.1 Å². The van der Waals surface area contributed by atoms with Crippen LogP contribution in [0.15, 0.2) is 72.2 Å². The quantitative estimate of drug-likeness (QED) is 0.494. The molecule has 0 spiro atoms. The fraction of sp³-hybridized carbons (Fsp3) is 0.136. The number of H-pyrrole nitrogens is 1. The highest BCUT2D eigenvalue weighted by Crippen LogP contribution is 2.32. The second-order valence-corrected chi connectivity index (χ2v) is 7.45. The number of carbonyl (C=O) groups is 1. The third kappa shape index (κ3) is 3.93.